The quantitative estimate of drug-likeness (QED) is 0.793. The van der Waals surface area contributed by atoms with Crippen molar-refractivity contribution < 1.29 is 14.3 Å². The summed E-state index contributed by atoms with van der Waals surface area (Å²) in [6.07, 6.45) is 0.584. The lowest BCUT2D eigenvalue weighted by Gasteiger charge is -2.15. The minimum atomic E-state index is -0.523. The van der Waals surface area contributed by atoms with E-state index in [1.54, 1.807) is 12.1 Å². The number of ether oxygens (including phenoxy) is 2. The molecule has 0 aliphatic rings. The molecule has 19 heavy (non-hydrogen) atoms. The van der Waals surface area contributed by atoms with Gasteiger partial charge < -0.3 is 20.5 Å². The second-order valence-corrected chi connectivity index (χ2v) is 4.03. The molecule has 1 aromatic carbocycles. The number of carbonyl (C=O) groups is 1. The second kappa shape index (κ2) is 7.63. The van der Waals surface area contributed by atoms with Gasteiger partial charge in [-0.2, -0.15) is 0 Å². The number of rotatable bonds is 7. The predicted octanol–water partition coefficient (Wildman–Crippen LogP) is 2.16. The van der Waals surface area contributed by atoms with Gasteiger partial charge in [0.15, 0.2) is 0 Å². The molecule has 1 unspecified atom stereocenters. The van der Waals surface area contributed by atoms with Gasteiger partial charge in [0, 0.05) is 6.07 Å². The Hall–Kier alpha value is -1.75. The van der Waals surface area contributed by atoms with Gasteiger partial charge in [-0.1, -0.05) is 6.92 Å². The zero-order chi connectivity index (χ0) is 14.3. The number of amides is 1. The molecule has 0 bridgehead atoms. The topological polar surface area (TPSA) is 73.6 Å². The number of hydrogen-bond acceptors (Lipinski definition) is 4. The van der Waals surface area contributed by atoms with E-state index in [4.69, 9.17) is 15.2 Å². The maximum atomic E-state index is 11.8. The molecule has 0 spiro atoms. The first-order valence-corrected chi connectivity index (χ1v) is 6.58. The molecule has 1 atom stereocenters. The van der Waals surface area contributed by atoms with Crippen LogP contribution in [0.5, 0.6) is 11.5 Å². The Morgan fingerprint density at radius 2 is 1.95 bits per heavy atom. The minimum absolute atomic E-state index is 0.225. The Kier molecular flexibility index (Phi) is 6.15. The van der Waals surface area contributed by atoms with Crippen LogP contribution >= 0.6 is 0 Å². The maximum absolute atomic E-state index is 11.8. The summed E-state index contributed by atoms with van der Waals surface area (Å²) in [5, 5.41) is 2.78. The van der Waals surface area contributed by atoms with Crippen LogP contribution in [-0.4, -0.2) is 25.2 Å². The van der Waals surface area contributed by atoms with Crippen LogP contribution in [0.15, 0.2) is 18.2 Å². The number of nitrogens with one attached hydrogen (secondary N) is 1. The average molecular weight is 266 g/mol. The van der Waals surface area contributed by atoms with Gasteiger partial charge in [-0.05, 0) is 32.4 Å². The minimum Gasteiger partial charge on any atom is -0.494 e. The third kappa shape index (κ3) is 4.44. The predicted molar refractivity (Wildman–Crippen MR) is 75.7 cm³/mol. The lowest BCUT2D eigenvalue weighted by molar-refractivity contribution is -0.117. The molecule has 0 aromatic heterocycles. The van der Waals surface area contributed by atoms with Crippen LogP contribution in [-0.2, 0) is 4.79 Å². The summed E-state index contributed by atoms with van der Waals surface area (Å²) in [6, 6.07) is 4.81. The fourth-order valence-electron chi connectivity index (χ4n) is 1.56. The monoisotopic (exact) mass is 266 g/mol. The van der Waals surface area contributed by atoms with E-state index in [2.05, 4.69) is 5.32 Å². The van der Waals surface area contributed by atoms with Crippen LogP contribution in [0, 0.1) is 0 Å². The molecule has 5 nitrogen and oxygen atoms in total. The van der Waals surface area contributed by atoms with Gasteiger partial charge in [-0.25, -0.2) is 0 Å². The Morgan fingerprint density at radius 1 is 1.26 bits per heavy atom. The fourth-order valence-corrected chi connectivity index (χ4v) is 1.56. The van der Waals surface area contributed by atoms with Gasteiger partial charge in [0.05, 0.1) is 24.9 Å². The zero-order valence-corrected chi connectivity index (χ0v) is 11.7. The van der Waals surface area contributed by atoms with Crippen molar-refractivity contribution in [1.29, 1.82) is 0 Å². The third-order valence-corrected chi connectivity index (χ3v) is 2.60. The van der Waals surface area contributed by atoms with Crippen LogP contribution in [0.4, 0.5) is 5.69 Å². The standard InChI is InChI=1S/C14H22N2O3/c1-4-11(15)14(17)16-12-9-10(18-5-2)7-8-13(12)19-6-3/h7-9,11H,4-6,15H2,1-3H3,(H,16,17). The molecule has 1 rings (SSSR count). The van der Waals surface area contributed by atoms with Crippen LogP contribution in [0.1, 0.15) is 27.2 Å². The van der Waals surface area contributed by atoms with Crippen molar-refractivity contribution in [3.63, 3.8) is 0 Å². The van der Waals surface area contributed by atoms with Crippen molar-refractivity contribution >= 4 is 11.6 Å². The van der Waals surface area contributed by atoms with Crippen LogP contribution in [0.2, 0.25) is 0 Å². The fraction of sp³-hybridized carbons (Fsp3) is 0.500. The molecule has 0 fully saturated rings. The van der Waals surface area contributed by atoms with Crippen LogP contribution in [0.25, 0.3) is 0 Å². The molecule has 0 saturated heterocycles. The molecular weight excluding hydrogens is 244 g/mol. The van der Waals surface area contributed by atoms with Gasteiger partial charge in [-0.3, -0.25) is 4.79 Å². The number of hydrogen-bond donors (Lipinski definition) is 2. The average Bonchev–Trinajstić information content (AvgIpc) is 2.41. The van der Waals surface area contributed by atoms with Crippen LogP contribution in [0.3, 0.4) is 0 Å². The van der Waals surface area contributed by atoms with Crippen LogP contribution < -0.4 is 20.5 Å². The molecule has 1 amide bonds. The van der Waals surface area contributed by atoms with Gasteiger partial charge in [-0.15, -0.1) is 0 Å². The van der Waals surface area contributed by atoms with Gasteiger partial charge in [0.1, 0.15) is 11.5 Å². The normalized spacial score (nSPS) is 11.8. The highest BCUT2D eigenvalue weighted by atomic mass is 16.5. The van der Waals surface area contributed by atoms with Crippen molar-refractivity contribution in [2.75, 3.05) is 18.5 Å². The number of benzene rings is 1. The van der Waals surface area contributed by atoms with E-state index >= 15 is 0 Å². The Bertz CT molecular complexity index is 421. The van der Waals surface area contributed by atoms with Crippen molar-refractivity contribution in [1.82, 2.24) is 0 Å². The van der Waals surface area contributed by atoms with E-state index in [1.165, 1.54) is 0 Å². The summed E-state index contributed by atoms with van der Waals surface area (Å²) in [6.45, 7) is 6.75. The van der Waals surface area contributed by atoms with E-state index in [9.17, 15) is 4.79 Å². The molecular formula is C14H22N2O3. The first kappa shape index (κ1) is 15.3. The Labute approximate surface area is 114 Å². The summed E-state index contributed by atoms with van der Waals surface area (Å²) in [4.78, 5) is 11.8. The molecule has 106 valence electrons. The SMILES string of the molecule is CCOc1ccc(OCC)c(NC(=O)C(N)CC)c1. The molecule has 0 saturated carbocycles. The lowest BCUT2D eigenvalue weighted by Crippen LogP contribution is -2.34. The van der Waals surface area contributed by atoms with Gasteiger partial charge >= 0.3 is 0 Å². The van der Waals surface area contributed by atoms with Crippen molar-refractivity contribution in [3.8, 4) is 11.5 Å². The largest absolute Gasteiger partial charge is 0.494 e. The van der Waals surface area contributed by atoms with E-state index in [0.717, 1.165) is 0 Å². The molecule has 1 aromatic rings. The van der Waals surface area contributed by atoms with Crippen molar-refractivity contribution in [2.24, 2.45) is 5.73 Å². The number of carbonyl (C=O) groups excluding carboxylic acids is 1. The van der Waals surface area contributed by atoms with E-state index in [-0.39, 0.29) is 5.91 Å². The van der Waals surface area contributed by atoms with E-state index in [0.29, 0.717) is 36.8 Å². The molecule has 0 heterocycles. The van der Waals surface area contributed by atoms with Crippen molar-refractivity contribution in [3.05, 3.63) is 18.2 Å². The Morgan fingerprint density at radius 3 is 2.53 bits per heavy atom. The molecule has 3 N–H and O–H groups in total. The summed E-state index contributed by atoms with van der Waals surface area (Å²) >= 11 is 0. The summed E-state index contributed by atoms with van der Waals surface area (Å²) in [7, 11) is 0. The van der Waals surface area contributed by atoms with Gasteiger partial charge in [0.2, 0.25) is 5.91 Å². The lowest BCUT2D eigenvalue weighted by atomic mass is 10.2. The highest BCUT2D eigenvalue weighted by Crippen LogP contribution is 2.29. The van der Waals surface area contributed by atoms with E-state index < -0.39 is 6.04 Å². The molecule has 0 radical (unpaired) electrons. The Balaban J connectivity index is 2.93. The number of anilines is 1. The third-order valence-electron chi connectivity index (χ3n) is 2.60. The zero-order valence-electron chi connectivity index (χ0n) is 11.7. The molecule has 0 aliphatic carbocycles. The number of nitrogens with two attached hydrogens (primary N) is 1. The first-order valence-electron chi connectivity index (χ1n) is 6.58. The maximum Gasteiger partial charge on any atom is 0.241 e. The molecule has 5 heteroatoms. The summed E-state index contributed by atoms with van der Waals surface area (Å²) in [5.74, 6) is 1.08. The smallest absolute Gasteiger partial charge is 0.241 e. The second-order valence-electron chi connectivity index (χ2n) is 4.03. The summed E-state index contributed by atoms with van der Waals surface area (Å²) in [5.41, 5.74) is 6.29. The highest BCUT2D eigenvalue weighted by molar-refractivity contribution is 5.96. The first-order chi connectivity index (χ1) is 9.12. The van der Waals surface area contributed by atoms with Crippen molar-refractivity contribution in [2.45, 2.75) is 33.2 Å². The highest BCUT2D eigenvalue weighted by Gasteiger charge is 2.14. The molecule has 0 aliphatic heterocycles. The van der Waals surface area contributed by atoms with E-state index in [1.807, 2.05) is 26.8 Å². The van der Waals surface area contributed by atoms with Gasteiger partial charge in [0.25, 0.3) is 0 Å². The summed E-state index contributed by atoms with van der Waals surface area (Å²) < 4.78 is 10.9.